The Labute approximate surface area is 152 Å². The van der Waals surface area contributed by atoms with E-state index in [1.54, 1.807) is 11.0 Å². The van der Waals surface area contributed by atoms with Crippen LogP contribution in [0.25, 0.3) is 5.69 Å². The van der Waals surface area contributed by atoms with Gasteiger partial charge >= 0.3 is 6.03 Å². The zero-order valence-electron chi connectivity index (χ0n) is 15.4. The zero-order chi connectivity index (χ0) is 18.7. The van der Waals surface area contributed by atoms with Gasteiger partial charge in [-0.3, -0.25) is 4.68 Å². The largest absolute Gasteiger partial charge is 0.334 e. The molecule has 0 spiro atoms. The molecule has 3 aromatic rings. The van der Waals surface area contributed by atoms with Crippen LogP contribution in [0, 0.1) is 13.8 Å². The fourth-order valence-corrected chi connectivity index (χ4v) is 2.90. The van der Waals surface area contributed by atoms with E-state index >= 15 is 0 Å². The van der Waals surface area contributed by atoms with Gasteiger partial charge in [0.15, 0.2) is 0 Å². The molecule has 2 aromatic heterocycles. The van der Waals surface area contributed by atoms with Gasteiger partial charge in [-0.2, -0.15) is 10.2 Å². The molecule has 0 bridgehead atoms. The molecule has 8 nitrogen and oxygen atoms in total. The third kappa shape index (κ3) is 3.58. The lowest BCUT2D eigenvalue weighted by Gasteiger charge is -2.12. The molecule has 0 atom stereocenters. The maximum atomic E-state index is 12.4. The van der Waals surface area contributed by atoms with E-state index in [-0.39, 0.29) is 12.1 Å². The van der Waals surface area contributed by atoms with Crippen molar-refractivity contribution < 1.29 is 4.79 Å². The molecular weight excluding hydrogens is 330 g/mol. The van der Waals surface area contributed by atoms with E-state index in [9.17, 15) is 4.79 Å². The number of rotatable bonds is 5. The van der Waals surface area contributed by atoms with E-state index < -0.39 is 0 Å². The highest BCUT2D eigenvalue weighted by Crippen LogP contribution is 2.22. The van der Waals surface area contributed by atoms with Crippen LogP contribution in [0.3, 0.4) is 0 Å². The van der Waals surface area contributed by atoms with Crippen LogP contribution < -0.4 is 10.6 Å². The third-order valence-corrected chi connectivity index (χ3v) is 4.15. The summed E-state index contributed by atoms with van der Waals surface area (Å²) in [6.07, 6.45) is 3.11. The van der Waals surface area contributed by atoms with Crippen LogP contribution >= 0.6 is 0 Å². The first-order chi connectivity index (χ1) is 12.5. The van der Waals surface area contributed by atoms with Gasteiger partial charge < -0.3 is 10.6 Å². The van der Waals surface area contributed by atoms with Crippen LogP contribution in [0.2, 0.25) is 0 Å². The number of anilines is 1. The van der Waals surface area contributed by atoms with Gasteiger partial charge in [-0.25, -0.2) is 14.5 Å². The number of carbonyl (C=O) groups is 1. The number of nitrogens with one attached hydrogen (secondary N) is 2. The fourth-order valence-electron chi connectivity index (χ4n) is 2.90. The van der Waals surface area contributed by atoms with E-state index in [1.165, 1.54) is 6.33 Å². The second kappa shape index (κ2) is 7.38. The van der Waals surface area contributed by atoms with E-state index in [4.69, 9.17) is 0 Å². The average Bonchev–Trinajstić information content (AvgIpc) is 3.24. The van der Waals surface area contributed by atoms with Crippen LogP contribution in [0.15, 0.2) is 36.9 Å². The first-order valence-corrected chi connectivity index (χ1v) is 8.51. The van der Waals surface area contributed by atoms with Crippen molar-refractivity contribution in [1.29, 1.82) is 0 Å². The lowest BCUT2D eigenvalue weighted by atomic mass is 10.2. The van der Waals surface area contributed by atoms with Crippen LogP contribution in [0.1, 0.15) is 36.8 Å². The minimum Gasteiger partial charge on any atom is -0.334 e. The number of benzene rings is 1. The van der Waals surface area contributed by atoms with E-state index in [0.29, 0.717) is 6.54 Å². The number of amides is 2. The lowest BCUT2D eigenvalue weighted by Crippen LogP contribution is -2.29. The summed E-state index contributed by atoms with van der Waals surface area (Å²) in [7, 11) is 0. The Morgan fingerprint density at radius 3 is 2.65 bits per heavy atom. The van der Waals surface area contributed by atoms with Gasteiger partial charge in [0.25, 0.3) is 0 Å². The van der Waals surface area contributed by atoms with Crippen molar-refractivity contribution >= 4 is 11.7 Å². The highest BCUT2D eigenvalue weighted by atomic mass is 16.2. The molecule has 0 unspecified atom stereocenters. The third-order valence-electron chi connectivity index (χ3n) is 4.15. The second-order valence-electron chi connectivity index (χ2n) is 6.36. The molecule has 1 aromatic carbocycles. The minimum absolute atomic E-state index is 0.238. The van der Waals surface area contributed by atoms with E-state index in [1.807, 2.05) is 42.8 Å². The maximum absolute atomic E-state index is 12.4. The normalized spacial score (nSPS) is 11.0. The van der Waals surface area contributed by atoms with Crippen molar-refractivity contribution in [3.05, 3.63) is 53.9 Å². The molecule has 0 saturated carbocycles. The molecule has 0 aliphatic heterocycles. The van der Waals surface area contributed by atoms with Crippen LogP contribution in [-0.2, 0) is 6.54 Å². The summed E-state index contributed by atoms with van der Waals surface area (Å²) in [5, 5.41) is 14.4. The van der Waals surface area contributed by atoms with Crippen molar-refractivity contribution in [3.63, 3.8) is 0 Å². The molecule has 2 amide bonds. The maximum Gasteiger partial charge on any atom is 0.319 e. The SMILES string of the molecule is Cc1nn(C(C)C)c(C)c1NC(=O)NCc1ccccc1-n1cncn1. The number of aryl methyl sites for hydroxylation is 1. The number of hydrogen-bond acceptors (Lipinski definition) is 4. The molecule has 136 valence electrons. The summed E-state index contributed by atoms with van der Waals surface area (Å²) in [6.45, 7) is 8.34. The minimum atomic E-state index is -0.270. The van der Waals surface area contributed by atoms with Crippen LogP contribution in [0.4, 0.5) is 10.5 Å². The van der Waals surface area contributed by atoms with Gasteiger partial charge in [-0.15, -0.1) is 0 Å². The molecule has 8 heteroatoms. The Hall–Kier alpha value is -3.16. The van der Waals surface area contributed by atoms with Crippen LogP contribution in [0.5, 0.6) is 0 Å². The number of aromatic nitrogens is 5. The summed E-state index contributed by atoms with van der Waals surface area (Å²) in [6, 6.07) is 7.70. The van der Waals surface area contributed by atoms with E-state index in [0.717, 1.165) is 28.3 Å². The quantitative estimate of drug-likeness (QED) is 0.738. The zero-order valence-corrected chi connectivity index (χ0v) is 15.4. The van der Waals surface area contributed by atoms with Gasteiger partial charge in [0.2, 0.25) is 0 Å². The van der Waals surface area contributed by atoms with Gasteiger partial charge in [0, 0.05) is 12.6 Å². The number of urea groups is 1. The molecule has 3 rings (SSSR count). The topological polar surface area (TPSA) is 89.7 Å². The first kappa shape index (κ1) is 17.7. The van der Waals surface area contributed by atoms with Crippen molar-refractivity contribution in [1.82, 2.24) is 29.9 Å². The van der Waals surface area contributed by atoms with Crippen molar-refractivity contribution in [3.8, 4) is 5.69 Å². The van der Waals surface area contributed by atoms with Gasteiger partial charge in [0.05, 0.1) is 22.8 Å². The number of hydrogen-bond donors (Lipinski definition) is 2. The van der Waals surface area contributed by atoms with Crippen molar-refractivity contribution in [2.24, 2.45) is 0 Å². The molecule has 0 fully saturated rings. The van der Waals surface area contributed by atoms with Crippen LogP contribution in [-0.4, -0.2) is 30.6 Å². The molecular formula is C18H23N7O. The fraction of sp³-hybridized carbons (Fsp3) is 0.333. The number of carbonyl (C=O) groups excluding carboxylic acids is 1. The Bertz CT molecular complexity index is 896. The molecule has 2 heterocycles. The Kier molecular flexibility index (Phi) is 5.01. The first-order valence-electron chi connectivity index (χ1n) is 8.51. The Balaban J connectivity index is 1.70. The highest BCUT2D eigenvalue weighted by molar-refractivity contribution is 5.90. The lowest BCUT2D eigenvalue weighted by molar-refractivity contribution is 0.251. The number of nitrogens with zero attached hydrogens (tertiary/aromatic N) is 5. The molecule has 0 aliphatic carbocycles. The summed E-state index contributed by atoms with van der Waals surface area (Å²) < 4.78 is 3.58. The van der Waals surface area contributed by atoms with Gasteiger partial charge in [0.1, 0.15) is 12.7 Å². The highest BCUT2D eigenvalue weighted by Gasteiger charge is 2.15. The second-order valence-corrected chi connectivity index (χ2v) is 6.36. The standard InChI is InChI=1S/C18H23N7O/c1-12(2)25-14(4)17(13(3)23-25)22-18(26)20-9-15-7-5-6-8-16(15)24-11-19-10-21-24/h5-8,10-12H,9H2,1-4H3,(H2,20,22,26). The summed E-state index contributed by atoms with van der Waals surface area (Å²) in [5.41, 5.74) is 4.32. The van der Waals surface area contributed by atoms with Gasteiger partial charge in [-0.05, 0) is 39.3 Å². The molecule has 0 radical (unpaired) electrons. The predicted octanol–water partition coefficient (Wildman–Crippen LogP) is 2.98. The smallest absolute Gasteiger partial charge is 0.319 e. The Morgan fingerprint density at radius 2 is 2.00 bits per heavy atom. The van der Waals surface area contributed by atoms with E-state index in [2.05, 4.69) is 39.7 Å². The van der Waals surface area contributed by atoms with Crippen molar-refractivity contribution in [2.45, 2.75) is 40.3 Å². The summed E-state index contributed by atoms with van der Waals surface area (Å²) in [4.78, 5) is 16.3. The predicted molar refractivity (Wildman–Crippen MR) is 99.3 cm³/mol. The summed E-state index contributed by atoms with van der Waals surface area (Å²) in [5.74, 6) is 0. The Morgan fingerprint density at radius 1 is 1.23 bits per heavy atom. The average molecular weight is 353 g/mol. The molecule has 2 N–H and O–H groups in total. The van der Waals surface area contributed by atoms with Crippen molar-refractivity contribution in [2.75, 3.05) is 5.32 Å². The monoisotopic (exact) mass is 353 g/mol. The van der Waals surface area contributed by atoms with Gasteiger partial charge in [-0.1, -0.05) is 18.2 Å². The molecule has 0 saturated heterocycles. The molecule has 0 aliphatic rings. The summed E-state index contributed by atoms with van der Waals surface area (Å²) >= 11 is 0. The molecule has 26 heavy (non-hydrogen) atoms. The number of para-hydroxylation sites is 1.